The van der Waals surface area contributed by atoms with Gasteiger partial charge in [-0.25, -0.2) is 9.78 Å². The number of hydrogen-bond acceptors (Lipinski definition) is 5. The van der Waals surface area contributed by atoms with Crippen molar-refractivity contribution in [2.24, 2.45) is 0 Å². The highest BCUT2D eigenvalue weighted by Gasteiger charge is 2.24. The van der Waals surface area contributed by atoms with Gasteiger partial charge in [-0.05, 0) is 29.3 Å². The van der Waals surface area contributed by atoms with E-state index in [1.165, 1.54) is 6.42 Å². The first-order valence-corrected chi connectivity index (χ1v) is 5.08. The van der Waals surface area contributed by atoms with Gasteiger partial charge in [0.15, 0.2) is 5.69 Å². The summed E-state index contributed by atoms with van der Waals surface area (Å²) in [7, 11) is 0. The van der Waals surface area contributed by atoms with Crippen LogP contribution in [0, 0.1) is 0 Å². The van der Waals surface area contributed by atoms with Gasteiger partial charge >= 0.3 is 5.97 Å². The van der Waals surface area contributed by atoms with E-state index < -0.39 is 5.97 Å². The molecule has 7 heteroatoms. The summed E-state index contributed by atoms with van der Waals surface area (Å²) < 4.78 is 1.14. The standard InChI is InChI=1S/C9H9N5O2/c15-8(16)7-4-6(5-2-1-3-5)10-9-11-12-13-14(7)9/h4-5H,1-3H2,(H,15,16). The van der Waals surface area contributed by atoms with Gasteiger partial charge in [0.1, 0.15) is 0 Å². The average molecular weight is 219 g/mol. The highest BCUT2D eigenvalue weighted by atomic mass is 16.4. The fourth-order valence-corrected chi connectivity index (χ4v) is 1.82. The van der Waals surface area contributed by atoms with E-state index in [-0.39, 0.29) is 11.5 Å². The van der Waals surface area contributed by atoms with Crippen LogP contribution in [0.4, 0.5) is 0 Å². The monoisotopic (exact) mass is 219 g/mol. The lowest BCUT2D eigenvalue weighted by Crippen LogP contribution is -2.15. The molecule has 0 amide bonds. The molecule has 1 aliphatic carbocycles. The highest BCUT2D eigenvalue weighted by molar-refractivity contribution is 5.86. The van der Waals surface area contributed by atoms with Crippen LogP contribution in [0.5, 0.6) is 0 Å². The Hall–Kier alpha value is -2.05. The molecular weight excluding hydrogens is 210 g/mol. The molecule has 3 rings (SSSR count). The Kier molecular flexibility index (Phi) is 1.85. The van der Waals surface area contributed by atoms with Crippen molar-refractivity contribution in [3.63, 3.8) is 0 Å². The van der Waals surface area contributed by atoms with Crippen LogP contribution >= 0.6 is 0 Å². The predicted octanol–water partition coefficient (Wildman–Crippen LogP) is 0.485. The van der Waals surface area contributed by atoms with Crippen molar-refractivity contribution in [1.82, 2.24) is 25.0 Å². The number of aromatic carboxylic acids is 1. The van der Waals surface area contributed by atoms with Gasteiger partial charge in [-0.1, -0.05) is 11.5 Å². The third-order valence-corrected chi connectivity index (χ3v) is 2.94. The van der Waals surface area contributed by atoms with Crippen LogP contribution in [-0.4, -0.2) is 36.1 Å². The van der Waals surface area contributed by atoms with Gasteiger partial charge in [-0.3, -0.25) is 0 Å². The maximum Gasteiger partial charge on any atom is 0.354 e. The Morgan fingerprint density at radius 3 is 2.94 bits per heavy atom. The normalized spacial score (nSPS) is 16.2. The lowest BCUT2D eigenvalue weighted by atomic mass is 9.82. The van der Waals surface area contributed by atoms with Crippen molar-refractivity contribution in [3.05, 3.63) is 17.5 Å². The summed E-state index contributed by atoms with van der Waals surface area (Å²) in [6, 6.07) is 1.56. The molecule has 1 aliphatic rings. The Morgan fingerprint density at radius 1 is 1.50 bits per heavy atom. The quantitative estimate of drug-likeness (QED) is 0.789. The van der Waals surface area contributed by atoms with Crippen molar-refractivity contribution in [2.75, 3.05) is 0 Å². The Bertz CT molecular complexity index is 560. The topological polar surface area (TPSA) is 93.3 Å². The largest absolute Gasteiger partial charge is 0.477 e. The molecule has 1 N–H and O–H groups in total. The van der Waals surface area contributed by atoms with Crippen LogP contribution < -0.4 is 0 Å². The number of carboxylic acid groups (broad SMARTS) is 1. The zero-order chi connectivity index (χ0) is 11.1. The number of carboxylic acids is 1. The second-order valence-corrected chi connectivity index (χ2v) is 3.89. The van der Waals surface area contributed by atoms with Crippen molar-refractivity contribution in [2.45, 2.75) is 25.2 Å². The van der Waals surface area contributed by atoms with E-state index in [0.29, 0.717) is 5.92 Å². The van der Waals surface area contributed by atoms with E-state index in [2.05, 4.69) is 20.5 Å². The molecule has 16 heavy (non-hydrogen) atoms. The van der Waals surface area contributed by atoms with Crippen molar-refractivity contribution in [3.8, 4) is 0 Å². The Labute approximate surface area is 90.1 Å². The zero-order valence-electron chi connectivity index (χ0n) is 8.37. The summed E-state index contributed by atoms with van der Waals surface area (Å²) in [5.74, 6) is -0.429. The summed E-state index contributed by atoms with van der Waals surface area (Å²) >= 11 is 0. The van der Waals surface area contributed by atoms with Crippen LogP contribution in [0.3, 0.4) is 0 Å². The van der Waals surface area contributed by atoms with Gasteiger partial charge in [-0.15, -0.1) is 0 Å². The molecular formula is C9H9N5O2. The van der Waals surface area contributed by atoms with E-state index in [9.17, 15) is 4.79 Å². The summed E-state index contributed by atoms with van der Waals surface area (Å²) in [5, 5.41) is 19.8. The number of hydrogen-bond donors (Lipinski definition) is 1. The van der Waals surface area contributed by atoms with Crippen molar-refractivity contribution in [1.29, 1.82) is 0 Å². The van der Waals surface area contributed by atoms with Crippen LogP contribution in [-0.2, 0) is 0 Å². The molecule has 82 valence electrons. The van der Waals surface area contributed by atoms with E-state index in [1.54, 1.807) is 6.07 Å². The maximum atomic E-state index is 11.0. The summed E-state index contributed by atoms with van der Waals surface area (Å²) in [6.45, 7) is 0. The number of fused-ring (bicyclic) bond motifs is 1. The van der Waals surface area contributed by atoms with Gasteiger partial charge < -0.3 is 5.11 Å². The fraction of sp³-hybridized carbons (Fsp3) is 0.444. The van der Waals surface area contributed by atoms with E-state index in [4.69, 9.17) is 5.11 Å². The van der Waals surface area contributed by atoms with Crippen molar-refractivity contribution >= 4 is 11.7 Å². The number of rotatable bonds is 2. The first-order chi connectivity index (χ1) is 7.75. The summed E-state index contributed by atoms with van der Waals surface area (Å²) in [6.07, 6.45) is 3.29. The molecule has 0 unspecified atom stereocenters. The first-order valence-electron chi connectivity index (χ1n) is 5.08. The minimum absolute atomic E-state index is 0.0666. The molecule has 0 bridgehead atoms. The molecule has 0 aliphatic heterocycles. The fourth-order valence-electron chi connectivity index (χ4n) is 1.82. The summed E-state index contributed by atoms with van der Waals surface area (Å²) in [5.41, 5.74) is 0.850. The SMILES string of the molecule is O=C(O)c1cc(C2CCC2)nc2nnnn12. The molecule has 2 aromatic rings. The maximum absolute atomic E-state index is 11.0. The molecule has 0 spiro atoms. The zero-order valence-corrected chi connectivity index (χ0v) is 8.37. The van der Waals surface area contributed by atoms with E-state index in [1.807, 2.05) is 0 Å². The average Bonchev–Trinajstić information content (AvgIpc) is 2.61. The van der Waals surface area contributed by atoms with Gasteiger partial charge in [-0.2, -0.15) is 4.52 Å². The first kappa shape index (κ1) is 9.20. The summed E-state index contributed by atoms with van der Waals surface area (Å²) in [4.78, 5) is 15.3. The Morgan fingerprint density at radius 2 is 2.31 bits per heavy atom. The van der Waals surface area contributed by atoms with Crippen molar-refractivity contribution < 1.29 is 9.90 Å². The van der Waals surface area contributed by atoms with Gasteiger partial charge in [0.25, 0.3) is 5.78 Å². The second kappa shape index (κ2) is 3.22. The lowest BCUT2D eigenvalue weighted by molar-refractivity contribution is 0.0686. The minimum atomic E-state index is -1.04. The van der Waals surface area contributed by atoms with E-state index >= 15 is 0 Å². The minimum Gasteiger partial charge on any atom is -0.477 e. The third-order valence-electron chi connectivity index (χ3n) is 2.94. The van der Waals surface area contributed by atoms with Gasteiger partial charge in [0.05, 0.1) is 5.69 Å². The number of aromatic nitrogens is 5. The smallest absolute Gasteiger partial charge is 0.354 e. The highest BCUT2D eigenvalue weighted by Crippen LogP contribution is 2.35. The van der Waals surface area contributed by atoms with Gasteiger partial charge in [0, 0.05) is 5.92 Å². The third kappa shape index (κ3) is 1.24. The van der Waals surface area contributed by atoms with E-state index in [0.717, 1.165) is 23.1 Å². The molecule has 2 aromatic heterocycles. The number of carbonyl (C=O) groups is 1. The van der Waals surface area contributed by atoms with Crippen LogP contribution in [0.25, 0.3) is 5.78 Å². The molecule has 2 heterocycles. The predicted molar refractivity (Wildman–Crippen MR) is 52.1 cm³/mol. The molecule has 0 aromatic carbocycles. The van der Waals surface area contributed by atoms with Crippen LogP contribution in [0.2, 0.25) is 0 Å². The van der Waals surface area contributed by atoms with Gasteiger partial charge in [0.2, 0.25) is 0 Å². The molecule has 7 nitrogen and oxygen atoms in total. The Balaban J connectivity index is 2.20. The molecule has 0 atom stereocenters. The van der Waals surface area contributed by atoms with Crippen LogP contribution in [0.15, 0.2) is 6.07 Å². The molecule has 0 radical (unpaired) electrons. The molecule has 0 saturated heterocycles. The number of nitrogens with zero attached hydrogens (tertiary/aromatic N) is 5. The number of tetrazole rings is 1. The molecule has 1 fully saturated rings. The molecule has 1 saturated carbocycles. The van der Waals surface area contributed by atoms with Crippen LogP contribution in [0.1, 0.15) is 41.4 Å². The second-order valence-electron chi connectivity index (χ2n) is 3.89. The lowest BCUT2D eigenvalue weighted by Gasteiger charge is -2.24.